The van der Waals surface area contributed by atoms with Gasteiger partial charge >= 0.3 is 0 Å². The van der Waals surface area contributed by atoms with Gasteiger partial charge in [0.05, 0.1) is 22.5 Å². The van der Waals surface area contributed by atoms with Crippen LogP contribution in [0.15, 0.2) is 59.8 Å². The van der Waals surface area contributed by atoms with Gasteiger partial charge in [-0.05, 0) is 42.5 Å². The second-order valence-corrected chi connectivity index (χ2v) is 9.31. The van der Waals surface area contributed by atoms with Crippen molar-refractivity contribution in [3.05, 3.63) is 65.9 Å². The molecule has 1 aliphatic carbocycles. The third-order valence-corrected chi connectivity index (χ3v) is 7.54. The van der Waals surface area contributed by atoms with E-state index >= 15 is 0 Å². The lowest BCUT2D eigenvalue weighted by Crippen LogP contribution is -2.60. The highest BCUT2D eigenvalue weighted by atomic mass is 32.2. The number of piperidine rings is 1. The first kappa shape index (κ1) is 17.7. The van der Waals surface area contributed by atoms with Gasteiger partial charge in [0.2, 0.25) is 5.91 Å². The smallest absolute Gasteiger partial charge is 0.236 e. The zero-order chi connectivity index (χ0) is 19.3. The molecule has 2 aliphatic rings. The molecule has 28 heavy (non-hydrogen) atoms. The lowest BCUT2D eigenvalue weighted by Gasteiger charge is -2.52. The quantitative estimate of drug-likeness (QED) is 0.658. The first-order valence-corrected chi connectivity index (χ1v) is 10.7. The Labute approximate surface area is 169 Å². The Balaban J connectivity index is 1.49. The van der Waals surface area contributed by atoms with Gasteiger partial charge in [-0.3, -0.25) is 9.78 Å². The van der Waals surface area contributed by atoms with Crippen molar-refractivity contribution in [2.45, 2.75) is 47.9 Å². The molecule has 0 saturated carbocycles. The van der Waals surface area contributed by atoms with Crippen molar-refractivity contribution >= 4 is 28.7 Å². The van der Waals surface area contributed by atoms with Crippen molar-refractivity contribution in [2.75, 3.05) is 7.05 Å². The number of likely N-dealkylation sites (tertiary alicyclic amines) is 1. The summed E-state index contributed by atoms with van der Waals surface area (Å²) in [5.74, 6) is 0.210. The van der Waals surface area contributed by atoms with Crippen molar-refractivity contribution < 1.29 is 4.79 Å². The number of rotatable bonds is 2. The number of para-hydroxylation sites is 2. The third kappa shape index (κ3) is 2.72. The standard InChI is InChI=1S/C23H23N3OS/c1-23-13-19(28-21-14-24-17-9-5-6-10-18(17)25-21)22(27)26(2)20(23)12-11-15-7-3-4-8-16(15)23/h3-10,14,19-20H,11-13H2,1-2H3/t19?,20-,23-/m1/s1. The molecule has 2 heterocycles. The van der Waals surface area contributed by atoms with Gasteiger partial charge in [-0.15, -0.1) is 0 Å². The number of aryl methyl sites for hydroxylation is 1. The summed E-state index contributed by atoms with van der Waals surface area (Å²) in [7, 11) is 1.97. The van der Waals surface area contributed by atoms with Crippen LogP contribution in [0.5, 0.6) is 0 Å². The summed E-state index contributed by atoms with van der Waals surface area (Å²) in [5.41, 5.74) is 4.56. The fourth-order valence-corrected chi connectivity index (χ4v) is 6.29. The number of hydrogen-bond donors (Lipinski definition) is 0. The van der Waals surface area contributed by atoms with Crippen LogP contribution in [0.3, 0.4) is 0 Å². The van der Waals surface area contributed by atoms with Gasteiger partial charge in [-0.25, -0.2) is 4.98 Å². The second-order valence-electron chi connectivity index (χ2n) is 8.09. The Morgan fingerprint density at radius 3 is 2.71 bits per heavy atom. The number of nitrogens with zero attached hydrogens (tertiary/aromatic N) is 3. The first-order chi connectivity index (χ1) is 13.6. The SMILES string of the molecule is CN1C(=O)C(Sc2cnc3ccccc3n2)C[C@]2(C)c3ccccc3CC[C@@H]12. The molecule has 1 fully saturated rings. The van der Waals surface area contributed by atoms with Crippen molar-refractivity contribution in [3.8, 4) is 0 Å². The number of amides is 1. The molecule has 2 aromatic carbocycles. The summed E-state index contributed by atoms with van der Waals surface area (Å²) in [5, 5.41) is 0.671. The first-order valence-electron chi connectivity index (χ1n) is 9.80. The number of carbonyl (C=O) groups excluding carboxylic acids is 1. The molecular weight excluding hydrogens is 366 g/mol. The Hall–Kier alpha value is -2.40. The topological polar surface area (TPSA) is 46.1 Å². The Kier molecular flexibility index (Phi) is 4.16. The predicted molar refractivity (Wildman–Crippen MR) is 112 cm³/mol. The van der Waals surface area contributed by atoms with E-state index in [0.717, 1.165) is 35.3 Å². The van der Waals surface area contributed by atoms with E-state index in [1.807, 2.05) is 36.2 Å². The molecule has 4 nitrogen and oxygen atoms in total. The lowest BCUT2D eigenvalue weighted by molar-refractivity contribution is -0.137. The zero-order valence-corrected chi connectivity index (χ0v) is 16.9. The van der Waals surface area contributed by atoms with Crippen LogP contribution in [0.25, 0.3) is 11.0 Å². The third-order valence-electron chi connectivity index (χ3n) is 6.44. The molecule has 5 heteroatoms. The van der Waals surface area contributed by atoms with Crippen LogP contribution in [0.2, 0.25) is 0 Å². The van der Waals surface area contributed by atoms with E-state index in [0.29, 0.717) is 0 Å². The van der Waals surface area contributed by atoms with E-state index in [9.17, 15) is 4.79 Å². The minimum Gasteiger partial charge on any atom is -0.341 e. The molecule has 0 spiro atoms. The summed E-state index contributed by atoms with van der Waals surface area (Å²) in [4.78, 5) is 24.4. The van der Waals surface area contributed by atoms with Gasteiger partial charge in [0.25, 0.3) is 0 Å². The molecule has 1 saturated heterocycles. The number of aromatic nitrogens is 2. The Bertz CT molecular complexity index is 1070. The number of likely N-dealkylation sites (N-methyl/N-ethyl adjacent to an activating group) is 1. The molecule has 1 unspecified atom stereocenters. The maximum absolute atomic E-state index is 13.2. The van der Waals surface area contributed by atoms with Crippen LogP contribution >= 0.6 is 11.8 Å². The van der Waals surface area contributed by atoms with Crippen LogP contribution in [-0.4, -0.2) is 39.1 Å². The van der Waals surface area contributed by atoms with Gasteiger partial charge in [0.1, 0.15) is 5.03 Å². The van der Waals surface area contributed by atoms with Crippen LogP contribution in [0, 0.1) is 0 Å². The van der Waals surface area contributed by atoms with E-state index < -0.39 is 0 Å². The van der Waals surface area contributed by atoms with Gasteiger partial charge < -0.3 is 4.90 Å². The van der Waals surface area contributed by atoms with Crippen LogP contribution in [-0.2, 0) is 16.6 Å². The molecule has 1 aromatic heterocycles. The Morgan fingerprint density at radius 2 is 1.86 bits per heavy atom. The average Bonchev–Trinajstić information content (AvgIpc) is 2.72. The maximum atomic E-state index is 13.2. The molecule has 3 atom stereocenters. The number of hydrogen-bond acceptors (Lipinski definition) is 4. The highest BCUT2D eigenvalue weighted by molar-refractivity contribution is 8.00. The van der Waals surface area contributed by atoms with Gasteiger partial charge in [-0.2, -0.15) is 0 Å². The minimum atomic E-state index is -0.145. The van der Waals surface area contributed by atoms with E-state index in [-0.39, 0.29) is 22.6 Å². The molecule has 142 valence electrons. The monoisotopic (exact) mass is 389 g/mol. The van der Waals surface area contributed by atoms with Gasteiger partial charge in [0.15, 0.2) is 0 Å². The van der Waals surface area contributed by atoms with Crippen molar-refractivity contribution in [1.82, 2.24) is 14.9 Å². The molecule has 0 bridgehead atoms. The number of fused-ring (bicyclic) bond motifs is 4. The lowest BCUT2D eigenvalue weighted by atomic mass is 9.63. The highest BCUT2D eigenvalue weighted by Gasteiger charge is 2.50. The second kappa shape index (κ2) is 6.59. The number of benzene rings is 2. The van der Waals surface area contributed by atoms with Crippen LogP contribution in [0.4, 0.5) is 0 Å². The van der Waals surface area contributed by atoms with Crippen LogP contribution < -0.4 is 0 Å². The molecular formula is C23H23N3OS. The minimum absolute atomic E-state index is 0.0283. The zero-order valence-electron chi connectivity index (χ0n) is 16.1. The summed E-state index contributed by atoms with van der Waals surface area (Å²) in [6.07, 6.45) is 4.70. The fraction of sp³-hybridized carbons (Fsp3) is 0.348. The summed E-state index contributed by atoms with van der Waals surface area (Å²) in [6.45, 7) is 2.33. The fourth-order valence-electron chi connectivity index (χ4n) is 5.04. The Morgan fingerprint density at radius 1 is 1.11 bits per heavy atom. The number of carbonyl (C=O) groups is 1. The molecule has 1 aliphatic heterocycles. The van der Waals surface area contributed by atoms with E-state index in [1.165, 1.54) is 11.1 Å². The van der Waals surface area contributed by atoms with Crippen molar-refractivity contribution in [3.63, 3.8) is 0 Å². The van der Waals surface area contributed by atoms with Gasteiger partial charge in [0, 0.05) is 18.5 Å². The van der Waals surface area contributed by atoms with E-state index in [1.54, 1.807) is 18.0 Å². The normalized spacial score (nSPS) is 26.8. The molecule has 0 radical (unpaired) electrons. The molecule has 1 amide bonds. The molecule has 3 aromatic rings. The summed E-state index contributed by atoms with van der Waals surface area (Å²) in [6, 6.07) is 16.9. The van der Waals surface area contributed by atoms with Crippen molar-refractivity contribution in [2.24, 2.45) is 0 Å². The summed E-state index contributed by atoms with van der Waals surface area (Å²) >= 11 is 1.56. The summed E-state index contributed by atoms with van der Waals surface area (Å²) < 4.78 is 0. The van der Waals surface area contributed by atoms with E-state index in [2.05, 4.69) is 36.2 Å². The number of thioether (sulfide) groups is 1. The molecule has 0 N–H and O–H groups in total. The molecule has 5 rings (SSSR count). The largest absolute Gasteiger partial charge is 0.341 e. The average molecular weight is 390 g/mol. The van der Waals surface area contributed by atoms with Crippen LogP contribution in [0.1, 0.15) is 30.9 Å². The van der Waals surface area contributed by atoms with Crippen molar-refractivity contribution in [1.29, 1.82) is 0 Å². The predicted octanol–water partition coefficient (Wildman–Crippen LogP) is 4.23. The maximum Gasteiger partial charge on any atom is 0.236 e. The highest BCUT2D eigenvalue weighted by Crippen LogP contribution is 2.48. The van der Waals surface area contributed by atoms with Gasteiger partial charge in [-0.1, -0.05) is 55.1 Å². The van der Waals surface area contributed by atoms with E-state index in [4.69, 9.17) is 4.98 Å².